The molecule has 2 aromatic carbocycles. The molecule has 152 valence electrons. The maximum absolute atomic E-state index is 5.87. The number of rotatable bonds is 12. The smallest absolute Gasteiger partial charge is 0.164 e. The zero-order valence-electron chi connectivity index (χ0n) is 16.7. The van der Waals surface area contributed by atoms with Crippen LogP contribution in [0.1, 0.15) is 31.2 Å². The van der Waals surface area contributed by atoms with Gasteiger partial charge in [0.05, 0.1) is 20.3 Å². The molecular formula is C23H31NO4. The molecule has 5 nitrogen and oxygen atoms in total. The van der Waals surface area contributed by atoms with Gasteiger partial charge in [-0.2, -0.15) is 0 Å². The first-order chi connectivity index (χ1) is 13.8. The summed E-state index contributed by atoms with van der Waals surface area (Å²) in [4.78, 5) is 0. The molecule has 0 aromatic heterocycles. The predicted molar refractivity (Wildman–Crippen MR) is 110 cm³/mol. The van der Waals surface area contributed by atoms with Gasteiger partial charge in [0.1, 0.15) is 19.0 Å². The van der Waals surface area contributed by atoms with Gasteiger partial charge in [0.15, 0.2) is 11.5 Å². The van der Waals surface area contributed by atoms with E-state index < -0.39 is 0 Å². The summed E-state index contributed by atoms with van der Waals surface area (Å²) in [5, 5.41) is 3.54. The lowest BCUT2D eigenvalue weighted by Crippen LogP contribution is -2.29. The number of nitrogens with one attached hydrogen (secondary N) is 1. The molecule has 0 unspecified atom stereocenters. The largest absolute Gasteiger partial charge is 0.493 e. The van der Waals surface area contributed by atoms with Crippen LogP contribution in [-0.2, 0) is 11.3 Å². The summed E-state index contributed by atoms with van der Waals surface area (Å²) in [5.41, 5.74) is 1.12. The number of hydrogen-bond acceptors (Lipinski definition) is 5. The third-order valence-electron chi connectivity index (χ3n) is 4.90. The predicted octanol–water partition coefficient (Wildman–Crippen LogP) is 4.20. The van der Waals surface area contributed by atoms with E-state index in [0.717, 1.165) is 24.5 Å². The number of benzene rings is 2. The van der Waals surface area contributed by atoms with E-state index in [4.69, 9.17) is 18.9 Å². The highest BCUT2D eigenvalue weighted by atomic mass is 16.5. The molecule has 3 rings (SSSR count). The standard InChI is InChI=1S/C23H31NO4/c1-25-23-17-21(11-12-22(23)28-18-19-7-3-2-4-8-19)27-16-15-26-14-13-24-20-9-5-6-10-20/h2-4,7-8,11-12,17,20,24H,5-6,9-10,13-16,18H2,1H3. The zero-order valence-corrected chi connectivity index (χ0v) is 16.7. The van der Waals surface area contributed by atoms with E-state index in [-0.39, 0.29) is 0 Å². The number of ether oxygens (including phenoxy) is 4. The van der Waals surface area contributed by atoms with Crippen LogP contribution in [0.25, 0.3) is 0 Å². The van der Waals surface area contributed by atoms with E-state index in [9.17, 15) is 0 Å². The van der Waals surface area contributed by atoms with Crippen molar-refractivity contribution in [2.24, 2.45) is 0 Å². The van der Waals surface area contributed by atoms with Gasteiger partial charge in [-0.1, -0.05) is 43.2 Å². The lowest BCUT2D eigenvalue weighted by atomic mass is 10.2. The monoisotopic (exact) mass is 385 g/mol. The molecule has 1 fully saturated rings. The lowest BCUT2D eigenvalue weighted by molar-refractivity contribution is 0.100. The molecule has 0 spiro atoms. The normalized spacial score (nSPS) is 14.2. The van der Waals surface area contributed by atoms with Gasteiger partial charge in [0.25, 0.3) is 0 Å². The summed E-state index contributed by atoms with van der Waals surface area (Å²) in [6, 6.07) is 16.4. The molecule has 0 aliphatic heterocycles. The summed E-state index contributed by atoms with van der Waals surface area (Å²) >= 11 is 0. The highest BCUT2D eigenvalue weighted by molar-refractivity contribution is 5.45. The first-order valence-electron chi connectivity index (χ1n) is 10.1. The van der Waals surface area contributed by atoms with E-state index in [0.29, 0.717) is 37.4 Å². The quantitative estimate of drug-likeness (QED) is 0.555. The molecule has 0 radical (unpaired) electrons. The van der Waals surface area contributed by atoms with Crippen LogP contribution in [-0.4, -0.2) is 39.5 Å². The molecule has 1 aliphatic carbocycles. The van der Waals surface area contributed by atoms with Gasteiger partial charge in [-0.15, -0.1) is 0 Å². The van der Waals surface area contributed by atoms with Gasteiger partial charge >= 0.3 is 0 Å². The Bertz CT molecular complexity index is 686. The van der Waals surface area contributed by atoms with Crippen molar-refractivity contribution in [2.45, 2.75) is 38.3 Å². The Balaban J connectivity index is 1.34. The second-order valence-electron chi connectivity index (χ2n) is 6.98. The summed E-state index contributed by atoms with van der Waals surface area (Å²) in [7, 11) is 1.63. The summed E-state index contributed by atoms with van der Waals surface area (Å²) in [6.07, 6.45) is 5.31. The van der Waals surface area contributed by atoms with E-state index >= 15 is 0 Å². The maximum atomic E-state index is 5.87. The van der Waals surface area contributed by atoms with Crippen molar-refractivity contribution in [1.82, 2.24) is 5.32 Å². The molecule has 0 amide bonds. The molecule has 0 saturated heterocycles. The van der Waals surface area contributed by atoms with Crippen molar-refractivity contribution < 1.29 is 18.9 Å². The highest BCUT2D eigenvalue weighted by Gasteiger charge is 2.13. The average Bonchev–Trinajstić information content (AvgIpc) is 3.26. The topological polar surface area (TPSA) is 49.0 Å². The minimum Gasteiger partial charge on any atom is -0.493 e. The molecule has 2 aromatic rings. The highest BCUT2D eigenvalue weighted by Crippen LogP contribution is 2.31. The fourth-order valence-corrected chi connectivity index (χ4v) is 3.38. The molecule has 1 saturated carbocycles. The Morgan fingerprint density at radius 1 is 0.893 bits per heavy atom. The number of methoxy groups -OCH3 is 1. The Kier molecular flexibility index (Phi) is 8.47. The van der Waals surface area contributed by atoms with Crippen LogP contribution >= 0.6 is 0 Å². The molecule has 1 aliphatic rings. The van der Waals surface area contributed by atoms with Crippen molar-refractivity contribution in [1.29, 1.82) is 0 Å². The molecule has 0 bridgehead atoms. The van der Waals surface area contributed by atoms with Crippen LogP contribution in [0.3, 0.4) is 0 Å². The van der Waals surface area contributed by atoms with Crippen molar-refractivity contribution in [3.63, 3.8) is 0 Å². The van der Waals surface area contributed by atoms with Crippen molar-refractivity contribution >= 4 is 0 Å². The van der Waals surface area contributed by atoms with Gasteiger partial charge in [-0.3, -0.25) is 0 Å². The van der Waals surface area contributed by atoms with Crippen LogP contribution in [0.15, 0.2) is 48.5 Å². The second kappa shape index (κ2) is 11.6. The lowest BCUT2D eigenvalue weighted by Gasteiger charge is -2.14. The van der Waals surface area contributed by atoms with Gasteiger partial charge in [0, 0.05) is 18.7 Å². The zero-order chi connectivity index (χ0) is 19.4. The number of hydrogen-bond donors (Lipinski definition) is 1. The van der Waals surface area contributed by atoms with E-state index in [1.165, 1.54) is 25.7 Å². The first-order valence-corrected chi connectivity index (χ1v) is 10.1. The third-order valence-corrected chi connectivity index (χ3v) is 4.90. The van der Waals surface area contributed by atoms with Gasteiger partial charge in [0.2, 0.25) is 0 Å². The summed E-state index contributed by atoms with van der Waals surface area (Å²) in [6.45, 7) is 3.21. The van der Waals surface area contributed by atoms with Crippen LogP contribution in [0, 0.1) is 0 Å². The van der Waals surface area contributed by atoms with Crippen molar-refractivity contribution in [2.75, 3.05) is 33.5 Å². The SMILES string of the molecule is COc1cc(OCCOCCNC2CCCC2)ccc1OCc1ccccc1. The third kappa shape index (κ3) is 6.73. The molecular weight excluding hydrogens is 354 g/mol. The molecule has 5 heteroatoms. The Hall–Kier alpha value is -2.24. The maximum Gasteiger partial charge on any atom is 0.164 e. The average molecular weight is 386 g/mol. The minimum atomic E-state index is 0.500. The van der Waals surface area contributed by atoms with E-state index in [1.54, 1.807) is 7.11 Å². The molecule has 0 atom stereocenters. The fourth-order valence-electron chi connectivity index (χ4n) is 3.38. The van der Waals surface area contributed by atoms with Gasteiger partial charge in [-0.05, 0) is 30.5 Å². The van der Waals surface area contributed by atoms with Crippen LogP contribution in [0.5, 0.6) is 17.2 Å². The summed E-state index contributed by atoms with van der Waals surface area (Å²) < 4.78 is 22.7. The van der Waals surface area contributed by atoms with Crippen molar-refractivity contribution in [3.8, 4) is 17.2 Å². The van der Waals surface area contributed by atoms with E-state index in [2.05, 4.69) is 5.32 Å². The van der Waals surface area contributed by atoms with E-state index in [1.807, 2.05) is 48.5 Å². The Morgan fingerprint density at radius 2 is 1.71 bits per heavy atom. The first kappa shape index (κ1) is 20.5. The minimum absolute atomic E-state index is 0.500. The second-order valence-corrected chi connectivity index (χ2v) is 6.98. The molecule has 28 heavy (non-hydrogen) atoms. The fraction of sp³-hybridized carbons (Fsp3) is 0.478. The van der Waals surface area contributed by atoms with Crippen LogP contribution < -0.4 is 19.5 Å². The Labute approximate surface area is 168 Å². The van der Waals surface area contributed by atoms with Gasteiger partial charge < -0.3 is 24.3 Å². The van der Waals surface area contributed by atoms with Gasteiger partial charge in [-0.25, -0.2) is 0 Å². The summed E-state index contributed by atoms with van der Waals surface area (Å²) in [5.74, 6) is 2.11. The van der Waals surface area contributed by atoms with Crippen molar-refractivity contribution in [3.05, 3.63) is 54.1 Å². The Morgan fingerprint density at radius 3 is 2.50 bits per heavy atom. The molecule has 0 heterocycles. The molecule has 1 N–H and O–H groups in total. The van der Waals surface area contributed by atoms with Crippen LogP contribution in [0.4, 0.5) is 0 Å². The van der Waals surface area contributed by atoms with Crippen LogP contribution in [0.2, 0.25) is 0 Å².